The highest BCUT2D eigenvalue weighted by molar-refractivity contribution is 5.76. The van der Waals surface area contributed by atoms with Crippen molar-refractivity contribution < 1.29 is 18.8 Å². The van der Waals surface area contributed by atoms with E-state index in [1.807, 2.05) is 32.0 Å². The molecule has 0 spiro atoms. The van der Waals surface area contributed by atoms with Gasteiger partial charge in [0.05, 0.1) is 5.69 Å². The highest BCUT2D eigenvalue weighted by atomic mass is 16.7. The van der Waals surface area contributed by atoms with Crippen molar-refractivity contribution in [3.05, 3.63) is 40.8 Å². The van der Waals surface area contributed by atoms with Gasteiger partial charge in [-0.3, -0.25) is 4.79 Å². The summed E-state index contributed by atoms with van der Waals surface area (Å²) in [6.45, 7) is 4.63. The summed E-state index contributed by atoms with van der Waals surface area (Å²) in [4.78, 5) is 11.9. The maximum Gasteiger partial charge on any atom is 0.231 e. The number of nitrogens with zero attached hydrogens (tertiary/aromatic N) is 1. The molecular weight excluding hydrogens is 296 g/mol. The second kappa shape index (κ2) is 6.73. The van der Waals surface area contributed by atoms with Crippen LogP contribution in [0, 0.1) is 13.8 Å². The van der Waals surface area contributed by atoms with Crippen LogP contribution in [0.3, 0.4) is 0 Å². The molecule has 0 atom stereocenters. The van der Waals surface area contributed by atoms with E-state index < -0.39 is 0 Å². The lowest BCUT2D eigenvalue weighted by molar-refractivity contribution is -0.121. The lowest BCUT2D eigenvalue weighted by atomic mass is 10.1. The van der Waals surface area contributed by atoms with Crippen LogP contribution in [-0.4, -0.2) is 24.4 Å². The molecule has 1 aliphatic rings. The molecule has 1 aliphatic heterocycles. The quantitative estimate of drug-likeness (QED) is 0.885. The molecule has 122 valence electrons. The van der Waals surface area contributed by atoms with E-state index in [4.69, 9.17) is 14.0 Å². The number of rotatable bonds is 6. The zero-order valence-corrected chi connectivity index (χ0v) is 13.3. The van der Waals surface area contributed by atoms with Gasteiger partial charge in [-0.05, 0) is 44.4 Å². The lowest BCUT2D eigenvalue weighted by Crippen LogP contribution is -2.25. The molecular formula is C17H20N2O4. The Balaban J connectivity index is 1.43. The van der Waals surface area contributed by atoms with Crippen molar-refractivity contribution in [3.63, 3.8) is 0 Å². The van der Waals surface area contributed by atoms with E-state index in [0.717, 1.165) is 40.5 Å². The molecule has 6 heteroatoms. The predicted molar refractivity (Wildman–Crippen MR) is 83.6 cm³/mol. The number of benzene rings is 1. The number of hydrogen-bond acceptors (Lipinski definition) is 5. The van der Waals surface area contributed by atoms with Gasteiger partial charge < -0.3 is 19.3 Å². The van der Waals surface area contributed by atoms with Crippen LogP contribution < -0.4 is 14.8 Å². The standard InChI is InChI=1S/C17H20N2O4/c1-11-14(12(2)23-19-11)4-6-17(20)18-8-7-13-3-5-15-16(9-13)22-10-21-15/h3,5,9H,4,6-8,10H2,1-2H3,(H,18,20). The molecule has 1 amide bonds. The third kappa shape index (κ3) is 3.64. The summed E-state index contributed by atoms with van der Waals surface area (Å²) in [6, 6.07) is 5.85. The minimum absolute atomic E-state index is 0.0331. The van der Waals surface area contributed by atoms with Crippen LogP contribution in [0.5, 0.6) is 11.5 Å². The van der Waals surface area contributed by atoms with Crippen molar-refractivity contribution in [2.24, 2.45) is 0 Å². The number of nitrogens with one attached hydrogen (secondary N) is 1. The average Bonchev–Trinajstić information content (AvgIpc) is 3.12. The molecule has 0 saturated heterocycles. The summed E-state index contributed by atoms with van der Waals surface area (Å²) in [5.74, 6) is 2.37. The number of amides is 1. The number of fused-ring (bicyclic) bond motifs is 1. The van der Waals surface area contributed by atoms with Crippen molar-refractivity contribution in [2.75, 3.05) is 13.3 Å². The first-order chi connectivity index (χ1) is 11.1. The van der Waals surface area contributed by atoms with Crippen molar-refractivity contribution >= 4 is 5.91 Å². The first kappa shape index (κ1) is 15.4. The molecule has 1 aromatic heterocycles. The van der Waals surface area contributed by atoms with E-state index in [9.17, 15) is 4.79 Å². The van der Waals surface area contributed by atoms with Crippen LogP contribution >= 0.6 is 0 Å². The van der Waals surface area contributed by atoms with Crippen LogP contribution in [-0.2, 0) is 17.6 Å². The molecule has 0 fully saturated rings. The Hall–Kier alpha value is -2.50. The fourth-order valence-electron chi connectivity index (χ4n) is 2.63. The Morgan fingerprint density at radius 1 is 1.22 bits per heavy atom. The van der Waals surface area contributed by atoms with Crippen molar-refractivity contribution in [3.8, 4) is 11.5 Å². The average molecular weight is 316 g/mol. The van der Waals surface area contributed by atoms with Crippen molar-refractivity contribution in [2.45, 2.75) is 33.1 Å². The van der Waals surface area contributed by atoms with Gasteiger partial charge in [0.25, 0.3) is 0 Å². The molecule has 0 unspecified atom stereocenters. The highest BCUT2D eigenvalue weighted by Gasteiger charge is 2.13. The summed E-state index contributed by atoms with van der Waals surface area (Å²) in [5, 5.41) is 6.83. The SMILES string of the molecule is Cc1noc(C)c1CCC(=O)NCCc1ccc2c(c1)OCO2. The largest absolute Gasteiger partial charge is 0.454 e. The minimum Gasteiger partial charge on any atom is -0.454 e. The Morgan fingerprint density at radius 3 is 2.83 bits per heavy atom. The van der Waals surface area contributed by atoms with E-state index >= 15 is 0 Å². The van der Waals surface area contributed by atoms with Gasteiger partial charge >= 0.3 is 0 Å². The molecule has 6 nitrogen and oxygen atoms in total. The first-order valence-corrected chi connectivity index (χ1v) is 7.70. The Morgan fingerprint density at radius 2 is 2.04 bits per heavy atom. The number of hydrogen-bond donors (Lipinski definition) is 1. The van der Waals surface area contributed by atoms with Gasteiger partial charge in [0.2, 0.25) is 12.7 Å². The monoisotopic (exact) mass is 316 g/mol. The zero-order valence-electron chi connectivity index (χ0n) is 13.3. The predicted octanol–water partition coefficient (Wildman–Crippen LogP) is 2.31. The fourth-order valence-corrected chi connectivity index (χ4v) is 2.63. The van der Waals surface area contributed by atoms with Crippen LogP contribution in [0.4, 0.5) is 0 Å². The molecule has 0 aliphatic carbocycles. The Labute approximate surface area is 134 Å². The Bertz CT molecular complexity index is 689. The van der Waals surface area contributed by atoms with Gasteiger partial charge in [0.1, 0.15) is 5.76 Å². The van der Waals surface area contributed by atoms with E-state index in [0.29, 0.717) is 19.4 Å². The maximum absolute atomic E-state index is 11.9. The minimum atomic E-state index is 0.0331. The lowest BCUT2D eigenvalue weighted by Gasteiger charge is -2.06. The normalized spacial score (nSPS) is 12.4. The van der Waals surface area contributed by atoms with E-state index in [1.165, 1.54) is 0 Å². The molecule has 2 aromatic rings. The van der Waals surface area contributed by atoms with Crippen LogP contribution in [0.2, 0.25) is 0 Å². The summed E-state index contributed by atoms with van der Waals surface area (Å²) in [5.41, 5.74) is 2.99. The molecule has 2 heterocycles. The van der Waals surface area contributed by atoms with Crippen molar-refractivity contribution in [1.82, 2.24) is 10.5 Å². The Kier molecular flexibility index (Phi) is 4.50. The molecule has 0 bridgehead atoms. The third-order valence-electron chi connectivity index (χ3n) is 3.96. The number of ether oxygens (including phenoxy) is 2. The van der Waals surface area contributed by atoms with Crippen molar-refractivity contribution in [1.29, 1.82) is 0 Å². The number of carbonyl (C=O) groups is 1. The molecule has 0 radical (unpaired) electrons. The summed E-state index contributed by atoms with van der Waals surface area (Å²) in [6.07, 6.45) is 1.84. The summed E-state index contributed by atoms with van der Waals surface area (Å²) in [7, 11) is 0. The first-order valence-electron chi connectivity index (χ1n) is 7.70. The molecule has 1 N–H and O–H groups in total. The molecule has 0 saturated carbocycles. The van der Waals surface area contributed by atoms with Crippen LogP contribution in [0.15, 0.2) is 22.7 Å². The van der Waals surface area contributed by atoms with Crippen LogP contribution in [0.25, 0.3) is 0 Å². The van der Waals surface area contributed by atoms with Gasteiger partial charge in [0.15, 0.2) is 11.5 Å². The second-order valence-electron chi connectivity index (χ2n) is 5.59. The van der Waals surface area contributed by atoms with E-state index in [-0.39, 0.29) is 12.7 Å². The maximum atomic E-state index is 11.9. The zero-order chi connectivity index (χ0) is 16.2. The van der Waals surface area contributed by atoms with Gasteiger partial charge in [-0.15, -0.1) is 0 Å². The summed E-state index contributed by atoms with van der Waals surface area (Å²) < 4.78 is 15.7. The van der Waals surface area contributed by atoms with E-state index in [2.05, 4.69) is 10.5 Å². The smallest absolute Gasteiger partial charge is 0.231 e. The highest BCUT2D eigenvalue weighted by Crippen LogP contribution is 2.32. The number of carbonyl (C=O) groups excluding carboxylic acids is 1. The topological polar surface area (TPSA) is 73.6 Å². The third-order valence-corrected chi connectivity index (χ3v) is 3.96. The van der Waals surface area contributed by atoms with Gasteiger partial charge in [0, 0.05) is 18.5 Å². The summed E-state index contributed by atoms with van der Waals surface area (Å²) >= 11 is 0. The fraction of sp³-hybridized carbons (Fsp3) is 0.412. The molecule has 1 aromatic carbocycles. The molecule has 3 rings (SSSR count). The number of aromatic nitrogens is 1. The second-order valence-corrected chi connectivity index (χ2v) is 5.59. The number of aryl methyl sites for hydroxylation is 2. The molecule has 23 heavy (non-hydrogen) atoms. The van der Waals surface area contributed by atoms with Crippen LogP contribution in [0.1, 0.15) is 29.0 Å². The van der Waals surface area contributed by atoms with E-state index in [1.54, 1.807) is 0 Å². The van der Waals surface area contributed by atoms with Gasteiger partial charge in [-0.1, -0.05) is 11.2 Å². The van der Waals surface area contributed by atoms with Gasteiger partial charge in [-0.25, -0.2) is 0 Å². The van der Waals surface area contributed by atoms with Gasteiger partial charge in [-0.2, -0.15) is 0 Å².